The standard InChI is InChI=1S/C19H32/c1-5-6-19(14(2)3)17-11-9-16(10-12-17)18-8-7-15(4)13-18/h5-6,14-18H,1,7-13H2,2-4H3/b19-6+. The molecule has 19 heavy (non-hydrogen) atoms. The molecule has 0 bridgehead atoms. The second kappa shape index (κ2) is 6.77. The van der Waals surface area contributed by atoms with Crippen molar-refractivity contribution in [2.45, 2.75) is 65.7 Å². The number of allylic oxidation sites excluding steroid dienone is 3. The summed E-state index contributed by atoms with van der Waals surface area (Å²) >= 11 is 0. The predicted octanol–water partition coefficient (Wildman–Crippen LogP) is 6.00. The van der Waals surface area contributed by atoms with Gasteiger partial charge in [0, 0.05) is 0 Å². The molecule has 0 heterocycles. The van der Waals surface area contributed by atoms with Gasteiger partial charge in [0.15, 0.2) is 0 Å². The van der Waals surface area contributed by atoms with E-state index in [1.807, 2.05) is 6.08 Å². The Bertz CT molecular complexity index is 315. The van der Waals surface area contributed by atoms with E-state index in [0.29, 0.717) is 5.92 Å². The summed E-state index contributed by atoms with van der Waals surface area (Å²) in [5.74, 6) is 4.62. The molecule has 2 rings (SSSR count). The van der Waals surface area contributed by atoms with Crippen LogP contribution in [0.2, 0.25) is 0 Å². The van der Waals surface area contributed by atoms with Crippen molar-refractivity contribution in [1.29, 1.82) is 0 Å². The first-order chi connectivity index (χ1) is 9.11. The average Bonchev–Trinajstić information content (AvgIpc) is 2.82. The van der Waals surface area contributed by atoms with Gasteiger partial charge >= 0.3 is 0 Å². The lowest BCUT2D eigenvalue weighted by Gasteiger charge is -2.34. The van der Waals surface area contributed by atoms with Gasteiger partial charge in [-0.25, -0.2) is 0 Å². The van der Waals surface area contributed by atoms with Crippen LogP contribution >= 0.6 is 0 Å². The molecule has 2 aliphatic carbocycles. The minimum absolute atomic E-state index is 0.686. The Morgan fingerprint density at radius 2 is 1.63 bits per heavy atom. The maximum absolute atomic E-state index is 3.89. The van der Waals surface area contributed by atoms with Crippen molar-refractivity contribution >= 4 is 0 Å². The van der Waals surface area contributed by atoms with Crippen LogP contribution in [0.3, 0.4) is 0 Å². The molecular formula is C19H32. The molecule has 0 saturated heterocycles. The van der Waals surface area contributed by atoms with Gasteiger partial charge in [0.05, 0.1) is 0 Å². The molecule has 0 aromatic carbocycles. The summed E-state index contributed by atoms with van der Waals surface area (Å²) in [4.78, 5) is 0. The van der Waals surface area contributed by atoms with Gasteiger partial charge < -0.3 is 0 Å². The van der Waals surface area contributed by atoms with E-state index in [-0.39, 0.29) is 0 Å². The SMILES string of the molecule is C=C/C=C(\C(C)C)C1CCC(C2CCC(C)C2)CC1. The Labute approximate surface area is 120 Å². The molecule has 2 saturated carbocycles. The molecule has 108 valence electrons. The molecule has 2 aliphatic rings. The van der Waals surface area contributed by atoms with Crippen molar-refractivity contribution in [1.82, 2.24) is 0 Å². The van der Waals surface area contributed by atoms with Gasteiger partial charge in [0.25, 0.3) is 0 Å². The third-order valence-electron chi connectivity index (χ3n) is 5.62. The van der Waals surface area contributed by atoms with Crippen LogP contribution in [0.15, 0.2) is 24.3 Å². The molecule has 0 aromatic heterocycles. The van der Waals surface area contributed by atoms with Crippen molar-refractivity contribution in [2.75, 3.05) is 0 Å². The molecule has 0 N–H and O–H groups in total. The monoisotopic (exact) mass is 260 g/mol. The summed E-state index contributed by atoms with van der Waals surface area (Å²) in [5, 5.41) is 0. The molecule has 0 nitrogen and oxygen atoms in total. The smallest absolute Gasteiger partial charge is 0.0197 e. The van der Waals surface area contributed by atoms with Crippen LogP contribution in [0.4, 0.5) is 0 Å². The quantitative estimate of drug-likeness (QED) is 0.544. The maximum Gasteiger partial charge on any atom is -0.0197 e. The van der Waals surface area contributed by atoms with Crippen molar-refractivity contribution in [3.05, 3.63) is 24.3 Å². The van der Waals surface area contributed by atoms with Gasteiger partial charge in [-0.05, 0) is 68.1 Å². The predicted molar refractivity (Wildman–Crippen MR) is 85.1 cm³/mol. The van der Waals surface area contributed by atoms with Crippen LogP contribution < -0.4 is 0 Å². The van der Waals surface area contributed by atoms with E-state index in [4.69, 9.17) is 0 Å². The lowest BCUT2D eigenvalue weighted by Crippen LogP contribution is -2.22. The molecule has 0 aliphatic heterocycles. The van der Waals surface area contributed by atoms with Gasteiger partial charge in [-0.1, -0.05) is 51.5 Å². The van der Waals surface area contributed by atoms with Crippen LogP contribution in [0, 0.1) is 29.6 Å². The summed E-state index contributed by atoms with van der Waals surface area (Å²) in [6, 6.07) is 0. The molecular weight excluding hydrogens is 228 g/mol. The van der Waals surface area contributed by atoms with Crippen molar-refractivity contribution in [2.24, 2.45) is 29.6 Å². The topological polar surface area (TPSA) is 0 Å². The third kappa shape index (κ3) is 3.74. The fourth-order valence-electron chi connectivity index (χ4n) is 4.54. The number of hydrogen-bond donors (Lipinski definition) is 0. The molecule has 2 atom stereocenters. The second-order valence-corrected chi connectivity index (χ2v) is 7.35. The van der Waals surface area contributed by atoms with Crippen LogP contribution in [-0.2, 0) is 0 Å². The average molecular weight is 260 g/mol. The Morgan fingerprint density at radius 1 is 1.00 bits per heavy atom. The molecule has 0 spiro atoms. The van der Waals surface area contributed by atoms with E-state index in [9.17, 15) is 0 Å². The van der Waals surface area contributed by atoms with E-state index in [2.05, 4.69) is 33.4 Å². The highest BCUT2D eigenvalue weighted by Gasteiger charge is 2.32. The van der Waals surface area contributed by atoms with E-state index < -0.39 is 0 Å². The molecule has 0 heteroatoms. The van der Waals surface area contributed by atoms with Crippen LogP contribution in [0.25, 0.3) is 0 Å². The van der Waals surface area contributed by atoms with Crippen molar-refractivity contribution in [3.63, 3.8) is 0 Å². The Hall–Kier alpha value is -0.520. The van der Waals surface area contributed by atoms with Crippen molar-refractivity contribution in [3.8, 4) is 0 Å². The minimum Gasteiger partial charge on any atom is -0.0991 e. The van der Waals surface area contributed by atoms with Gasteiger partial charge in [-0.3, -0.25) is 0 Å². The highest BCUT2D eigenvalue weighted by atomic mass is 14.4. The lowest BCUT2D eigenvalue weighted by atomic mass is 9.71. The fraction of sp³-hybridized carbons (Fsp3) is 0.789. The Balaban J connectivity index is 1.88. The largest absolute Gasteiger partial charge is 0.0991 e. The summed E-state index contributed by atoms with van der Waals surface area (Å²) in [6.07, 6.45) is 14.6. The summed E-state index contributed by atoms with van der Waals surface area (Å²) in [6.45, 7) is 11.0. The lowest BCUT2D eigenvalue weighted by molar-refractivity contribution is 0.213. The Kier molecular flexibility index (Phi) is 5.30. The van der Waals surface area contributed by atoms with E-state index in [1.54, 1.807) is 5.57 Å². The van der Waals surface area contributed by atoms with E-state index in [1.165, 1.54) is 44.9 Å². The van der Waals surface area contributed by atoms with Gasteiger partial charge in [0.2, 0.25) is 0 Å². The van der Waals surface area contributed by atoms with Crippen LogP contribution in [-0.4, -0.2) is 0 Å². The van der Waals surface area contributed by atoms with E-state index >= 15 is 0 Å². The highest BCUT2D eigenvalue weighted by molar-refractivity contribution is 5.16. The summed E-state index contributed by atoms with van der Waals surface area (Å²) in [5.41, 5.74) is 1.65. The van der Waals surface area contributed by atoms with Crippen LogP contribution in [0.1, 0.15) is 65.7 Å². The molecule has 0 aromatic rings. The van der Waals surface area contributed by atoms with Gasteiger partial charge in [-0.15, -0.1) is 0 Å². The summed E-state index contributed by atoms with van der Waals surface area (Å²) in [7, 11) is 0. The zero-order valence-corrected chi connectivity index (χ0v) is 13.2. The Morgan fingerprint density at radius 3 is 2.11 bits per heavy atom. The minimum atomic E-state index is 0.686. The van der Waals surface area contributed by atoms with Gasteiger partial charge in [0.1, 0.15) is 0 Å². The van der Waals surface area contributed by atoms with Gasteiger partial charge in [-0.2, -0.15) is 0 Å². The number of rotatable bonds is 4. The first kappa shape index (κ1) is 14.9. The third-order valence-corrected chi connectivity index (χ3v) is 5.62. The summed E-state index contributed by atoms with van der Waals surface area (Å²) < 4.78 is 0. The molecule has 0 amide bonds. The normalized spacial score (nSPS) is 36.7. The van der Waals surface area contributed by atoms with Crippen LogP contribution in [0.5, 0.6) is 0 Å². The highest BCUT2D eigenvalue weighted by Crippen LogP contribution is 2.44. The first-order valence-corrected chi connectivity index (χ1v) is 8.44. The fourth-order valence-corrected chi connectivity index (χ4v) is 4.54. The zero-order valence-electron chi connectivity index (χ0n) is 13.2. The van der Waals surface area contributed by atoms with Crippen molar-refractivity contribution < 1.29 is 0 Å². The zero-order chi connectivity index (χ0) is 13.8. The molecule has 2 fully saturated rings. The first-order valence-electron chi connectivity index (χ1n) is 8.44. The number of hydrogen-bond acceptors (Lipinski definition) is 0. The molecule has 0 radical (unpaired) electrons. The van der Waals surface area contributed by atoms with E-state index in [0.717, 1.165) is 23.7 Å². The second-order valence-electron chi connectivity index (χ2n) is 7.35. The maximum atomic E-state index is 3.89. The molecule has 2 unspecified atom stereocenters.